The summed E-state index contributed by atoms with van der Waals surface area (Å²) < 4.78 is 15.9. The number of aliphatic hydroxyl groups excluding tert-OH is 4. The number of aliphatic hydroxyl groups is 5. The van der Waals surface area contributed by atoms with Gasteiger partial charge in [-0.05, 0) is 18.2 Å². The van der Waals surface area contributed by atoms with Crippen LogP contribution in [0.15, 0.2) is 39.5 Å². The van der Waals surface area contributed by atoms with E-state index in [1.165, 1.54) is 6.07 Å². The lowest BCUT2D eigenvalue weighted by atomic mass is 9.97. The molecule has 0 radical (unpaired) electrons. The van der Waals surface area contributed by atoms with Gasteiger partial charge in [-0.2, -0.15) is 0 Å². The Morgan fingerprint density at radius 2 is 1.65 bits per heavy atom. The van der Waals surface area contributed by atoms with Crippen molar-refractivity contribution in [1.82, 2.24) is 0 Å². The molecule has 3 aromatic rings. The Balaban J connectivity index is 1.96. The molecule has 0 spiro atoms. The number of phenolic OH excluding ortho intramolecular Hbond substituents is 4. The van der Waals surface area contributed by atoms with Crippen LogP contribution in [-0.2, 0) is 4.74 Å². The first-order valence-corrected chi connectivity index (χ1v) is 9.76. The van der Waals surface area contributed by atoms with Crippen molar-refractivity contribution in [3.63, 3.8) is 0 Å². The average Bonchev–Trinajstić information content (AvgIpc) is 2.78. The number of hydrogen-bond acceptors (Lipinski definition) is 13. The van der Waals surface area contributed by atoms with Gasteiger partial charge in [0.05, 0.1) is 6.61 Å². The van der Waals surface area contributed by atoms with Crippen molar-refractivity contribution in [2.75, 3.05) is 6.61 Å². The van der Waals surface area contributed by atoms with Gasteiger partial charge in [-0.15, -0.1) is 0 Å². The van der Waals surface area contributed by atoms with Gasteiger partial charge in [0.2, 0.25) is 11.2 Å². The fourth-order valence-electron chi connectivity index (χ4n) is 3.57. The van der Waals surface area contributed by atoms with E-state index in [0.717, 1.165) is 24.3 Å². The first kappa shape index (κ1) is 23.6. The van der Waals surface area contributed by atoms with Gasteiger partial charge < -0.3 is 59.8 Å². The van der Waals surface area contributed by atoms with Crippen LogP contribution in [0.25, 0.3) is 22.3 Å². The van der Waals surface area contributed by atoms with Gasteiger partial charge in [-0.1, -0.05) is 0 Å². The van der Waals surface area contributed by atoms with Crippen LogP contribution in [-0.4, -0.2) is 83.0 Å². The van der Waals surface area contributed by atoms with E-state index in [1.807, 2.05) is 0 Å². The molecule has 1 aliphatic heterocycles. The monoisotopic (exact) mass is 480 g/mol. The molecule has 4 rings (SSSR count). The number of aromatic hydroxyl groups is 4. The van der Waals surface area contributed by atoms with E-state index < -0.39 is 82.3 Å². The second-order valence-electron chi connectivity index (χ2n) is 7.63. The molecule has 5 atom stereocenters. The molecule has 1 aromatic heterocycles. The molecule has 1 saturated heterocycles. The van der Waals surface area contributed by atoms with Crippen LogP contribution in [0.2, 0.25) is 0 Å². The summed E-state index contributed by atoms with van der Waals surface area (Å²) in [7, 11) is 0. The first-order valence-electron chi connectivity index (χ1n) is 9.76. The van der Waals surface area contributed by atoms with Crippen molar-refractivity contribution < 1.29 is 59.8 Å². The van der Waals surface area contributed by atoms with Crippen LogP contribution in [0.1, 0.15) is 0 Å². The molecule has 13 nitrogen and oxygen atoms in total. The number of fused-ring (bicyclic) bond motifs is 1. The van der Waals surface area contributed by atoms with E-state index in [0.29, 0.717) is 0 Å². The molecule has 1 aliphatic rings. The fourth-order valence-corrected chi connectivity index (χ4v) is 3.57. The molecular formula is C21H20O13. The van der Waals surface area contributed by atoms with Crippen LogP contribution in [0, 0.1) is 0 Å². The maximum atomic E-state index is 13.3. The molecule has 1 fully saturated rings. The highest BCUT2D eigenvalue weighted by molar-refractivity contribution is 5.88. The van der Waals surface area contributed by atoms with Crippen molar-refractivity contribution in [3.8, 4) is 40.1 Å². The van der Waals surface area contributed by atoms with Crippen LogP contribution in [0.3, 0.4) is 0 Å². The molecule has 0 bridgehead atoms. The zero-order chi connectivity index (χ0) is 24.9. The summed E-state index contributed by atoms with van der Waals surface area (Å²) in [6.45, 7) is -0.915. The standard InChI is InChI=1S/C21H20O13/c22-6-13-15(27)17(29)20(30)21(31,33-13)34-19-16(28)14-11(26)4-8(23)5-12(14)32-18(19)7-1-2-9(24)10(25)3-7/h1-5,13,15,17,20,22-27,29-31H,6H2/t13-,15-,17+,20-,21-/m1/s1. The lowest BCUT2D eigenvalue weighted by Crippen LogP contribution is -2.67. The lowest BCUT2D eigenvalue weighted by Gasteiger charge is -2.44. The smallest absolute Gasteiger partial charge is 0.355 e. The fraction of sp³-hybridized carbons (Fsp3) is 0.286. The van der Waals surface area contributed by atoms with E-state index in [2.05, 4.69) is 0 Å². The minimum absolute atomic E-state index is 0.0969. The first-order chi connectivity index (χ1) is 16.0. The number of hydrogen-bond donors (Lipinski definition) is 9. The molecule has 9 N–H and O–H groups in total. The minimum atomic E-state index is -3.20. The van der Waals surface area contributed by atoms with Crippen LogP contribution in [0.4, 0.5) is 0 Å². The third kappa shape index (κ3) is 3.75. The topological polar surface area (TPSA) is 231 Å². The summed E-state index contributed by atoms with van der Waals surface area (Å²) in [6, 6.07) is 5.02. The van der Waals surface area contributed by atoms with Crippen molar-refractivity contribution in [3.05, 3.63) is 40.6 Å². The maximum absolute atomic E-state index is 13.3. The van der Waals surface area contributed by atoms with E-state index in [9.17, 15) is 50.8 Å². The molecule has 0 aliphatic carbocycles. The van der Waals surface area contributed by atoms with E-state index in [1.54, 1.807) is 0 Å². The Morgan fingerprint density at radius 3 is 2.29 bits per heavy atom. The molecule has 0 amide bonds. The zero-order valence-corrected chi connectivity index (χ0v) is 17.1. The van der Waals surface area contributed by atoms with Crippen LogP contribution in [0.5, 0.6) is 28.7 Å². The van der Waals surface area contributed by atoms with Gasteiger partial charge in [-0.25, -0.2) is 0 Å². The Hall–Kier alpha value is -3.59. The average molecular weight is 480 g/mol. The zero-order valence-electron chi connectivity index (χ0n) is 17.1. The maximum Gasteiger partial charge on any atom is 0.355 e. The van der Waals surface area contributed by atoms with Crippen molar-refractivity contribution in [2.45, 2.75) is 30.4 Å². The number of ether oxygens (including phenoxy) is 2. The van der Waals surface area contributed by atoms with Gasteiger partial charge in [0.1, 0.15) is 40.8 Å². The number of phenols is 4. The molecule has 0 unspecified atom stereocenters. The molecular weight excluding hydrogens is 460 g/mol. The summed E-state index contributed by atoms with van der Waals surface area (Å²) in [4.78, 5) is 13.3. The Bertz CT molecular complexity index is 1300. The van der Waals surface area contributed by atoms with Crippen molar-refractivity contribution in [1.29, 1.82) is 0 Å². The predicted molar refractivity (Wildman–Crippen MR) is 110 cm³/mol. The van der Waals surface area contributed by atoms with E-state index >= 15 is 0 Å². The van der Waals surface area contributed by atoms with Gasteiger partial charge >= 0.3 is 5.97 Å². The van der Waals surface area contributed by atoms with Gasteiger partial charge in [0.25, 0.3) is 0 Å². The van der Waals surface area contributed by atoms with Crippen LogP contribution < -0.4 is 10.2 Å². The summed E-state index contributed by atoms with van der Waals surface area (Å²) in [5.41, 5.74) is -1.56. The van der Waals surface area contributed by atoms with Gasteiger partial charge in [-0.3, -0.25) is 4.79 Å². The quantitative estimate of drug-likeness (QED) is 0.158. The third-order valence-electron chi connectivity index (χ3n) is 5.33. The highest BCUT2D eigenvalue weighted by Gasteiger charge is 2.55. The second-order valence-corrected chi connectivity index (χ2v) is 7.63. The van der Waals surface area contributed by atoms with E-state index in [-0.39, 0.29) is 11.1 Å². The van der Waals surface area contributed by atoms with Gasteiger partial charge in [0.15, 0.2) is 23.4 Å². The van der Waals surface area contributed by atoms with Crippen LogP contribution >= 0.6 is 0 Å². The molecule has 0 saturated carbocycles. The molecule has 182 valence electrons. The second kappa shape index (κ2) is 8.32. The summed E-state index contributed by atoms with van der Waals surface area (Å²) in [5, 5.41) is 89.4. The highest BCUT2D eigenvalue weighted by Crippen LogP contribution is 2.40. The molecule has 13 heteroatoms. The number of rotatable bonds is 4. The number of benzene rings is 2. The summed E-state index contributed by atoms with van der Waals surface area (Å²) in [6.07, 6.45) is -7.88. The Kier molecular flexibility index (Phi) is 5.77. The Labute approximate surface area is 189 Å². The largest absolute Gasteiger partial charge is 0.508 e. The third-order valence-corrected chi connectivity index (χ3v) is 5.33. The van der Waals surface area contributed by atoms with Gasteiger partial charge in [0, 0.05) is 17.7 Å². The molecule has 34 heavy (non-hydrogen) atoms. The SMILES string of the molecule is O=c1c(O[C@]2(O)O[C@H](CO)[C@@H](O)[C@H](O)[C@H]2O)c(-c2ccc(O)c(O)c2)oc2cc(O)cc(O)c12. The van der Waals surface area contributed by atoms with Crippen molar-refractivity contribution in [2.24, 2.45) is 0 Å². The lowest BCUT2D eigenvalue weighted by molar-refractivity contribution is -0.422. The minimum Gasteiger partial charge on any atom is -0.508 e. The highest BCUT2D eigenvalue weighted by atomic mass is 16.8. The molecule has 2 aromatic carbocycles. The summed E-state index contributed by atoms with van der Waals surface area (Å²) in [5.74, 6) is -6.94. The molecule has 2 heterocycles. The summed E-state index contributed by atoms with van der Waals surface area (Å²) >= 11 is 0. The normalized spacial score (nSPS) is 27.1. The van der Waals surface area contributed by atoms with E-state index in [4.69, 9.17) is 13.9 Å². The predicted octanol–water partition coefficient (Wildman–Crippen LogP) is -1.22. The Morgan fingerprint density at radius 1 is 0.941 bits per heavy atom. The van der Waals surface area contributed by atoms with Crippen molar-refractivity contribution >= 4 is 11.0 Å².